The highest BCUT2D eigenvalue weighted by Gasteiger charge is 2.30. The van der Waals surface area contributed by atoms with Crippen LogP contribution in [-0.2, 0) is 0 Å². The monoisotopic (exact) mass is 323 g/mol. The molecule has 4 heteroatoms. The molecule has 1 saturated heterocycles. The van der Waals surface area contributed by atoms with Gasteiger partial charge in [0.1, 0.15) is 0 Å². The van der Waals surface area contributed by atoms with Gasteiger partial charge in [-0.05, 0) is 44.0 Å². The number of carboxylic acids is 1. The summed E-state index contributed by atoms with van der Waals surface area (Å²) in [5, 5.41) is 9.36. The van der Waals surface area contributed by atoms with Crippen LogP contribution in [0.3, 0.4) is 0 Å². The average Bonchev–Trinajstić information content (AvgIpc) is 3.03. The number of likely N-dealkylation sites (tertiary alicyclic amines) is 1. The zero-order valence-corrected chi connectivity index (χ0v) is 14.0. The lowest BCUT2D eigenvalue weighted by Crippen LogP contribution is -2.28. The van der Waals surface area contributed by atoms with Crippen LogP contribution in [0.15, 0.2) is 42.5 Å². The fourth-order valence-electron chi connectivity index (χ4n) is 3.53. The lowest BCUT2D eigenvalue weighted by atomic mass is 9.93. The fourth-order valence-corrected chi connectivity index (χ4v) is 3.53. The Morgan fingerprint density at radius 3 is 2.42 bits per heavy atom. The lowest BCUT2D eigenvalue weighted by Gasteiger charge is -2.18. The van der Waals surface area contributed by atoms with E-state index in [0.717, 1.165) is 23.1 Å². The predicted octanol–water partition coefficient (Wildman–Crippen LogP) is 3.63. The first kappa shape index (κ1) is 16.2. The SMILES string of the molecule is Cc1cc(C)cc(C(=O)N2CCC(c3ccccc3C(=O)O)C2)c1. The van der Waals surface area contributed by atoms with Crippen molar-refractivity contribution < 1.29 is 14.7 Å². The minimum atomic E-state index is -0.912. The van der Waals surface area contributed by atoms with E-state index in [4.69, 9.17) is 0 Å². The summed E-state index contributed by atoms with van der Waals surface area (Å²) < 4.78 is 0. The van der Waals surface area contributed by atoms with Crippen molar-refractivity contribution in [2.24, 2.45) is 0 Å². The number of rotatable bonds is 3. The summed E-state index contributed by atoms with van der Waals surface area (Å²) in [6, 6.07) is 13.0. The molecule has 2 aromatic carbocycles. The van der Waals surface area contributed by atoms with Crippen LogP contribution in [0, 0.1) is 13.8 Å². The zero-order chi connectivity index (χ0) is 17.3. The second kappa shape index (κ2) is 6.48. The molecule has 1 heterocycles. The van der Waals surface area contributed by atoms with E-state index >= 15 is 0 Å². The van der Waals surface area contributed by atoms with Crippen LogP contribution in [-0.4, -0.2) is 35.0 Å². The molecular weight excluding hydrogens is 302 g/mol. The first-order chi connectivity index (χ1) is 11.5. The molecule has 1 N–H and O–H groups in total. The molecule has 0 bridgehead atoms. The van der Waals surface area contributed by atoms with Crippen LogP contribution in [0.4, 0.5) is 0 Å². The lowest BCUT2D eigenvalue weighted by molar-refractivity contribution is 0.0695. The van der Waals surface area contributed by atoms with E-state index in [1.807, 2.05) is 49.1 Å². The van der Waals surface area contributed by atoms with E-state index in [1.165, 1.54) is 0 Å². The van der Waals surface area contributed by atoms with Crippen LogP contribution < -0.4 is 0 Å². The first-order valence-corrected chi connectivity index (χ1v) is 8.15. The van der Waals surface area contributed by atoms with Gasteiger partial charge in [-0.2, -0.15) is 0 Å². The van der Waals surface area contributed by atoms with Crippen molar-refractivity contribution >= 4 is 11.9 Å². The highest BCUT2D eigenvalue weighted by Crippen LogP contribution is 2.30. The zero-order valence-electron chi connectivity index (χ0n) is 14.0. The molecule has 1 atom stereocenters. The summed E-state index contributed by atoms with van der Waals surface area (Å²) in [6.45, 7) is 5.19. The van der Waals surface area contributed by atoms with Crippen molar-refractivity contribution in [2.75, 3.05) is 13.1 Å². The van der Waals surface area contributed by atoms with Gasteiger partial charge >= 0.3 is 5.97 Å². The van der Waals surface area contributed by atoms with Crippen molar-refractivity contribution in [3.8, 4) is 0 Å². The largest absolute Gasteiger partial charge is 0.478 e. The number of hydrogen-bond acceptors (Lipinski definition) is 2. The molecule has 1 fully saturated rings. The quantitative estimate of drug-likeness (QED) is 0.938. The van der Waals surface area contributed by atoms with Crippen molar-refractivity contribution in [1.82, 2.24) is 4.90 Å². The van der Waals surface area contributed by atoms with Gasteiger partial charge in [0, 0.05) is 24.6 Å². The highest BCUT2D eigenvalue weighted by molar-refractivity contribution is 5.95. The molecule has 3 rings (SSSR count). The third-order valence-electron chi connectivity index (χ3n) is 4.58. The molecule has 124 valence electrons. The Morgan fingerprint density at radius 1 is 1.08 bits per heavy atom. The number of carbonyl (C=O) groups excluding carboxylic acids is 1. The van der Waals surface area contributed by atoms with E-state index in [0.29, 0.717) is 24.2 Å². The Bertz CT molecular complexity index is 777. The number of amides is 1. The number of aromatic carboxylic acids is 1. The molecule has 0 saturated carbocycles. The molecule has 1 aliphatic rings. The van der Waals surface area contributed by atoms with Crippen molar-refractivity contribution in [3.63, 3.8) is 0 Å². The van der Waals surface area contributed by atoms with E-state index < -0.39 is 5.97 Å². The fraction of sp³-hybridized carbons (Fsp3) is 0.300. The molecule has 1 amide bonds. The summed E-state index contributed by atoms with van der Waals surface area (Å²) in [7, 11) is 0. The van der Waals surface area contributed by atoms with Gasteiger partial charge in [-0.25, -0.2) is 4.79 Å². The summed E-state index contributed by atoms with van der Waals surface area (Å²) in [5.74, 6) is -0.811. The Kier molecular flexibility index (Phi) is 4.38. The minimum absolute atomic E-state index is 0.0251. The van der Waals surface area contributed by atoms with Crippen LogP contribution in [0.2, 0.25) is 0 Å². The Balaban J connectivity index is 1.81. The third-order valence-corrected chi connectivity index (χ3v) is 4.58. The minimum Gasteiger partial charge on any atom is -0.478 e. The third kappa shape index (κ3) is 3.18. The van der Waals surface area contributed by atoms with Crippen molar-refractivity contribution in [1.29, 1.82) is 0 Å². The summed E-state index contributed by atoms with van der Waals surface area (Å²) in [4.78, 5) is 26.0. The van der Waals surface area contributed by atoms with E-state index in [1.54, 1.807) is 12.1 Å². The molecule has 4 nitrogen and oxygen atoms in total. The second-order valence-corrected chi connectivity index (χ2v) is 6.51. The standard InChI is InChI=1S/C20H21NO3/c1-13-9-14(2)11-16(10-13)19(22)21-8-7-15(12-21)17-5-3-4-6-18(17)20(23)24/h3-6,9-11,15H,7-8,12H2,1-2H3,(H,23,24). The number of carboxylic acid groups (broad SMARTS) is 1. The smallest absolute Gasteiger partial charge is 0.335 e. The van der Waals surface area contributed by atoms with Crippen LogP contribution >= 0.6 is 0 Å². The number of carbonyl (C=O) groups is 2. The number of nitrogens with zero attached hydrogens (tertiary/aromatic N) is 1. The van der Waals surface area contributed by atoms with E-state index in [-0.39, 0.29) is 11.8 Å². The molecule has 24 heavy (non-hydrogen) atoms. The predicted molar refractivity (Wildman–Crippen MR) is 92.6 cm³/mol. The molecule has 0 aromatic heterocycles. The maximum absolute atomic E-state index is 12.8. The molecule has 0 radical (unpaired) electrons. The topological polar surface area (TPSA) is 57.6 Å². The molecule has 0 spiro atoms. The number of benzene rings is 2. The van der Waals surface area contributed by atoms with Gasteiger partial charge in [0.15, 0.2) is 0 Å². The number of hydrogen-bond donors (Lipinski definition) is 1. The van der Waals surface area contributed by atoms with Gasteiger partial charge < -0.3 is 10.0 Å². The van der Waals surface area contributed by atoms with E-state index in [2.05, 4.69) is 0 Å². The van der Waals surface area contributed by atoms with E-state index in [9.17, 15) is 14.7 Å². The maximum atomic E-state index is 12.8. The second-order valence-electron chi connectivity index (χ2n) is 6.51. The summed E-state index contributed by atoms with van der Waals surface area (Å²) in [5.41, 5.74) is 4.01. The van der Waals surface area contributed by atoms with Gasteiger partial charge in [-0.1, -0.05) is 35.4 Å². The number of aryl methyl sites for hydroxylation is 2. The van der Waals surface area contributed by atoms with Crippen molar-refractivity contribution in [3.05, 3.63) is 70.3 Å². The van der Waals surface area contributed by atoms with Crippen LogP contribution in [0.1, 0.15) is 49.7 Å². The maximum Gasteiger partial charge on any atom is 0.335 e. The molecule has 1 unspecified atom stereocenters. The molecular formula is C20H21NO3. The van der Waals surface area contributed by atoms with Gasteiger partial charge in [0.2, 0.25) is 0 Å². The van der Waals surface area contributed by atoms with Gasteiger partial charge in [0.25, 0.3) is 5.91 Å². The first-order valence-electron chi connectivity index (χ1n) is 8.15. The average molecular weight is 323 g/mol. The Morgan fingerprint density at radius 2 is 1.75 bits per heavy atom. The van der Waals surface area contributed by atoms with Gasteiger partial charge in [-0.15, -0.1) is 0 Å². The Hall–Kier alpha value is -2.62. The molecule has 0 aliphatic carbocycles. The summed E-state index contributed by atoms with van der Waals surface area (Å²) >= 11 is 0. The van der Waals surface area contributed by atoms with Gasteiger partial charge in [0.05, 0.1) is 5.56 Å². The summed E-state index contributed by atoms with van der Waals surface area (Å²) in [6.07, 6.45) is 0.792. The molecule has 1 aliphatic heterocycles. The Labute approximate surface area is 141 Å². The van der Waals surface area contributed by atoms with Gasteiger partial charge in [-0.3, -0.25) is 4.79 Å². The van der Waals surface area contributed by atoms with Crippen LogP contribution in [0.5, 0.6) is 0 Å². The highest BCUT2D eigenvalue weighted by atomic mass is 16.4. The molecule has 2 aromatic rings. The van der Waals surface area contributed by atoms with Crippen molar-refractivity contribution in [2.45, 2.75) is 26.2 Å². The normalized spacial score (nSPS) is 17.1. The van der Waals surface area contributed by atoms with Crippen LogP contribution in [0.25, 0.3) is 0 Å².